The topological polar surface area (TPSA) is 82.6 Å². The van der Waals surface area contributed by atoms with E-state index in [1.54, 1.807) is 37.4 Å². The molecule has 0 aromatic heterocycles. The molecule has 0 radical (unpaired) electrons. The normalized spacial score (nSPS) is 12.0. The second-order valence-corrected chi connectivity index (χ2v) is 7.83. The van der Waals surface area contributed by atoms with Gasteiger partial charge >= 0.3 is 0 Å². The van der Waals surface area contributed by atoms with Crippen LogP contribution in [0.3, 0.4) is 0 Å². The third kappa shape index (κ3) is 6.82. The van der Waals surface area contributed by atoms with E-state index in [-0.39, 0.29) is 17.3 Å². The van der Waals surface area contributed by atoms with Crippen LogP contribution in [0.2, 0.25) is 5.02 Å². The van der Waals surface area contributed by atoms with E-state index in [2.05, 4.69) is 20.3 Å². The molecule has 0 atom stereocenters. The van der Waals surface area contributed by atoms with Crippen molar-refractivity contribution in [3.05, 3.63) is 64.9 Å². The Balaban J connectivity index is 1.74. The van der Waals surface area contributed by atoms with Crippen LogP contribution < -0.4 is 15.4 Å². The van der Waals surface area contributed by atoms with Crippen molar-refractivity contribution in [2.45, 2.75) is 11.3 Å². The monoisotopic (exact) mass is 412 g/mol. The highest BCUT2D eigenvalue weighted by Crippen LogP contribution is 2.14. The Kier molecular flexibility index (Phi) is 8.02. The predicted octanol–water partition coefficient (Wildman–Crippen LogP) is 2.17. The molecule has 146 valence electrons. The zero-order valence-electron chi connectivity index (χ0n) is 14.9. The Bertz CT molecular complexity index is 890. The Morgan fingerprint density at radius 1 is 1.07 bits per heavy atom. The third-order valence-corrected chi connectivity index (χ3v) is 5.38. The summed E-state index contributed by atoms with van der Waals surface area (Å²) in [6.07, 6.45) is 0.509. The van der Waals surface area contributed by atoms with Crippen molar-refractivity contribution >= 4 is 27.6 Å². The van der Waals surface area contributed by atoms with E-state index in [4.69, 9.17) is 11.6 Å². The highest BCUT2D eigenvalue weighted by Gasteiger charge is 2.13. The maximum atomic E-state index is 13.6. The molecule has 0 fully saturated rings. The molecule has 0 aliphatic heterocycles. The van der Waals surface area contributed by atoms with Gasteiger partial charge in [-0.15, -0.1) is 0 Å². The zero-order chi connectivity index (χ0) is 19.7. The first-order valence-electron chi connectivity index (χ1n) is 8.35. The number of sulfonamides is 1. The first-order valence-corrected chi connectivity index (χ1v) is 10.2. The Labute approximate surface area is 163 Å². The summed E-state index contributed by atoms with van der Waals surface area (Å²) in [6.45, 7) is 0.997. The first-order chi connectivity index (χ1) is 12.9. The quantitative estimate of drug-likeness (QED) is 0.352. The van der Waals surface area contributed by atoms with Gasteiger partial charge in [-0.25, -0.2) is 17.5 Å². The Morgan fingerprint density at radius 2 is 1.81 bits per heavy atom. The fourth-order valence-corrected chi connectivity index (χ4v) is 3.65. The molecule has 3 N–H and O–H groups in total. The number of halogens is 2. The minimum Gasteiger partial charge on any atom is -0.356 e. The largest absolute Gasteiger partial charge is 0.356 e. The van der Waals surface area contributed by atoms with Gasteiger partial charge in [0, 0.05) is 31.7 Å². The van der Waals surface area contributed by atoms with Crippen LogP contribution in [0.4, 0.5) is 4.39 Å². The van der Waals surface area contributed by atoms with Gasteiger partial charge in [-0.1, -0.05) is 35.9 Å². The summed E-state index contributed by atoms with van der Waals surface area (Å²) < 4.78 is 40.4. The molecule has 2 aromatic carbocycles. The molecule has 0 amide bonds. The van der Waals surface area contributed by atoms with Crippen molar-refractivity contribution in [2.24, 2.45) is 4.99 Å². The van der Waals surface area contributed by atoms with E-state index in [0.29, 0.717) is 36.1 Å². The fraction of sp³-hybridized carbons (Fsp3) is 0.278. The number of nitrogens with one attached hydrogen (secondary N) is 3. The van der Waals surface area contributed by atoms with Crippen molar-refractivity contribution in [3.63, 3.8) is 0 Å². The van der Waals surface area contributed by atoms with Gasteiger partial charge in [-0.2, -0.15) is 0 Å². The number of benzene rings is 2. The van der Waals surface area contributed by atoms with Crippen LogP contribution >= 0.6 is 11.6 Å². The zero-order valence-corrected chi connectivity index (χ0v) is 16.4. The lowest BCUT2D eigenvalue weighted by molar-refractivity contribution is 0.580. The van der Waals surface area contributed by atoms with Gasteiger partial charge in [-0.05, 0) is 36.2 Å². The van der Waals surface area contributed by atoms with Crippen LogP contribution in [0, 0.1) is 5.82 Å². The van der Waals surface area contributed by atoms with Crippen LogP contribution in [0.1, 0.15) is 5.56 Å². The van der Waals surface area contributed by atoms with Crippen molar-refractivity contribution in [1.29, 1.82) is 0 Å². The van der Waals surface area contributed by atoms with Crippen LogP contribution in [-0.4, -0.2) is 41.1 Å². The molecule has 0 spiro atoms. The highest BCUT2D eigenvalue weighted by molar-refractivity contribution is 7.89. The van der Waals surface area contributed by atoms with Gasteiger partial charge in [0.05, 0.1) is 4.90 Å². The van der Waals surface area contributed by atoms with Gasteiger partial charge in [-0.3, -0.25) is 4.99 Å². The smallest absolute Gasteiger partial charge is 0.240 e. The number of hydrogen-bond donors (Lipinski definition) is 3. The molecule has 2 aromatic rings. The summed E-state index contributed by atoms with van der Waals surface area (Å²) >= 11 is 5.82. The van der Waals surface area contributed by atoms with E-state index in [1.165, 1.54) is 18.2 Å². The van der Waals surface area contributed by atoms with Gasteiger partial charge in [0.15, 0.2) is 5.96 Å². The summed E-state index contributed by atoms with van der Waals surface area (Å²) in [7, 11) is -2.02. The van der Waals surface area contributed by atoms with E-state index < -0.39 is 10.0 Å². The first kappa shape index (κ1) is 21.1. The molecule has 0 unspecified atom stereocenters. The molecule has 0 aliphatic carbocycles. The summed E-state index contributed by atoms with van der Waals surface area (Å²) in [5.41, 5.74) is 0.620. The standard InChI is InChI=1S/C18H22ClFN4O2S/c1-21-18(22-10-9-14-5-2-3-8-17(14)20)23-11-12-24-27(25,26)16-7-4-6-15(19)13-16/h2-8,13,24H,9-12H2,1H3,(H2,21,22,23). The molecule has 6 nitrogen and oxygen atoms in total. The number of guanidine groups is 1. The lowest BCUT2D eigenvalue weighted by Crippen LogP contribution is -2.42. The van der Waals surface area contributed by atoms with Crippen LogP contribution in [0.25, 0.3) is 0 Å². The van der Waals surface area contributed by atoms with Crippen molar-refractivity contribution < 1.29 is 12.8 Å². The van der Waals surface area contributed by atoms with Crippen LogP contribution in [0.5, 0.6) is 0 Å². The molecule has 9 heteroatoms. The molecule has 0 saturated heterocycles. The maximum Gasteiger partial charge on any atom is 0.240 e. The Morgan fingerprint density at radius 3 is 2.52 bits per heavy atom. The number of hydrogen-bond acceptors (Lipinski definition) is 3. The number of rotatable bonds is 8. The SMILES string of the molecule is CN=C(NCCNS(=O)(=O)c1cccc(Cl)c1)NCCc1ccccc1F. The lowest BCUT2D eigenvalue weighted by atomic mass is 10.1. The highest BCUT2D eigenvalue weighted by atomic mass is 35.5. The van der Waals surface area contributed by atoms with Crippen LogP contribution in [-0.2, 0) is 16.4 Å². The molecular formula is C18H22ClFN4O2S. The number of aliphatic imine (C=N–C) groups is 1. The molecule has 0 aliphatic rings. The summed E-state index contributed by atoms with van der Waals surface area (Å²) in [6, 6.07) is 12.7. The van der Waals surface area contributed by atoms with Crippen molar-refractivity contribution in [1.82, 2.24) is 15.4 Å². The van der Waals surface area contributed by atoms with E-state index in [9.17, 15) is 12.8 Å². The second-order valence-electron chi connectivity index (χ2n) is 5.62. The summed E-state index contributed by atoms with van der Waals surface area (Å²) in [5, 5.41) is 6.41. The van der Waals surface area contributed by atoms with Crippen molar-refractivity contribution in [3.8, 4) is 0 Å². The molecule has 0 bridgehead atoms. The minimum atomic E-state index is -3.62. The average Bonchev–Trinajstić information content (AvgIpc) is 2.65. The molecule has 27 heavy (non-hydrogen) atoms. The Hall–Kier alpha value is -2.16. The van der Waals surface area contributed by atoms with Crippen molar-refractivity contribution in [2.75, 3.05) is 26.7 Å². The second kappa shape index (κ2) is 10.2. The maximum absolute atomic E-state index is 13.6. The van der Waals surface area contributed by atoms with Gasteiger partial charge in [0.1, 0.15) is 5.82 Å². The molecule has 2 rings (SSSR count). The lowest BCUT2D eigenvalue weighted by Gasteiger charge is -2.13. The molecule has 0 heterocycles. The van der Waals surface area contributed by atoms with Gasteiger partial charge in [0.25, 0.3) is 0 Å². The summed E-state index contributed by atoms with van der Waals surface area (Å²) in [5.74, 6) is 0.269. The predicted molar refractivity (Wildman–Crippen MR) is 106 cm³/mol. The molecular weight excluding hydrogens is 391 g/mol. The van der Waals surface area contributed by atoms with Gasteiger partial charge < -0.3 is 10.6 Å². The van der Waals surface area contributed by atoms with E-state index in [0.717, 1.165) is 0 Å². The number of nitrogens with zero attached hydrogens (tertiary/aromatic N) is 1. The minimum absolute atomic E-state index is 0.113. The summed E-state index contributed by atoms with van der Waals surface area (Å²) in [4.78, 5) is 4.16. The van der Waals surface area contributed by atoms with E-state index in [1.807, 2.05) is 0 Å². The average molecular weight is 413 g/mol. The third-order valence-electron chi connectivity index (χ3n) is 3.68. The molecule has 0 saturated carbocycles. The van der Waals surface area contributed by atoms with Gasteiger partial charge in [0.2, 0.25) is 10.0 Å². The van der Waals surface area contributed by atoms with Crippen LogP contribution in [0.15, 0.2) is 58.4 Å². The fourth-order valence-electron chi connectivity index (χ4n) is 2.32. The van der Waals surface area contributed by atoms with E-state index >= 15 is 0 Å².